The summed E-state index contributed by atoms with van der Waals surface area (Å²) in [5.74, 6) is 0. The van der Waals surface area contributed by atoms with Crippen molar-refractivity contribution in [3.63, 3.8) is 0 Å². The van der Waals surface area contributed by atoms with Crippen LogP contribution in [0.15, 0.2) is 164 Å². The molecule has 0 aromatic heterocycles. The molecule has 0 saturated carbocycles. The Labute approximate surface area is 270 Å². The van der Waals surface area contributed by atoms with Crippen LogP contribution in [0.5, 0.6) is 0 Å². The van der Waals surface area contributed by atoms with Crippen molar-refractivity contribution < 1.29 is 0 Å². The van der Waals surface area contributed by atoms with Crippen LogP contribution in [0.4, 0.5) is 17.1 Å². The third-order valence-corrected chi connectivity index (χ3v) is 10.0. The molecule has 0 saturated heterocycles. The van der Waals surface area contributed by atoms with Gasteiger partial charge >= 0.3 is 0 Å². The fourth-order valence-corrected chi connectivity index (χ4v) is 7.66. The van der Waals surface area contributed by atoms with Gasteiger partial charge in [0.05, 0.1) is 0 Å². The van der Waals surface area contributed by atoms with Crippen LogP contribution in [0, 0.1) is 0 Å². The maximum atomic E-state index is 2.40. The van der Waals surface area contributed by atoms with E-state index in [1.165, 1.54) is 71.4 Å². The summed E-state index contributed by atoms with van der Waals surface area (Å²) in [5.41, 5.74) is 11.3. The largest absolute Gasteiger partial charge is 0.310 e. The molecule has 0 fully saturated rings. The molecule has 0 radical (unpaired) electrons. The summed E-state index contributed by atoms with van der Waals surface area (Å²) in [4.78, 5) is 2.38. The van der Waals surface area contributed by atoms with E-state index >= 15 is 0 Å². The van der Waals surface area contributed by atoms with Gasteiger partial charge in [-0.1, -0.05) is 135 Å². The molecule has 0 bridgehead atoms. The molecule has 0 amide bonds. The lowest BCUT2D eigenvalue weighted by Gasteiger charge is -2.28. The van der Waals surface area contributed by atoms with Gasteiger partial charge in [0.1, 0.15) is 0 Å². The minimum absolute atomic E-state index is 0.0549. The number of rotatable bonds is 4. The smallest absolute Gasteiger partial charge is 0.0465 e. The lowest BCUT2D eigenvalue weighted by Crippen LogP contribution is -2.16. The monoisotopic (exact) mass is 587 g/mol. The number of nitrogens with zero attached hydrogens (tertiary/aromatic N) is 1. The highest BCUT2D eigenvalue weighted by Crippen LogP contribution is 2.50. The Morgan fingerprint density at radius 3 is 1.78 bits per heavy atom. The second-order valence-corrected chi connectivity index (χ2v) is 13.0. The molecule has 1 aliphatic rings. The van der Waals surface area contributed by atoms with Gasteiger partial charge in [-0.2, -0.15) is 0 Å². The number of benzene rings is 8. The Kier molecular flexibility index (Phi) is 5.92. The molecular weight excluding hydrogens is 555 g/mol. The summed E-state index contributed by atoms with van der Waals surface area (Å²) in [6.07, 6.45) is 0. The van der Waals surface area contributed by atoms with Crippen molar-refractivity contribution in [3.05, 3.63) is 175 Å². The first kappa shape index (κ1) is 26.7. The average Bonchev–Trinajstić information content (AvgIpc) is 3.34. The highest BCUT2D eigenvalue weighted by atomic mass is 15.1. The van der Waals surface area contributed by atoms with Crippen LogP contribution in [0.25, 0.3) is 54.6 Å². The predicted octanol–water partition coefficient (Wildman–Crippen LogP) is 12.6. The SMILES string of the molecule is CC1(C)c2ccccc2-c2ccc(N(c3ccccc3)c3ccc(-c4ccc5ccc6c7ccccc7ccc6c5c4)cc3)cc21. The van der Waals surface area contributed by atoms with Gasteiger partial charge < -0.3 is 4.90 Å². The third-order valence-electron chi connectivity index (χ3n) is 10.0. The molecule has 0 heterocycles. The molecule has 0 N–H and O–H groups in total. The maximum absolute atomic E-state index is 2.40. The zero-order valence-electron chi connectivity index (χ0n) is 26.0. The summed E-state index contributed by atoms with van der Waals surface area (Å²) in [5, 5.41) is 7.73. The van der Waals surface area contributed by atoms with Crippen molar-refractivity contribution in [1.29, 1.82) is 0 Å². The molecular formula is C45H33N. The zero-order valence-corrected chi connectivity index (χ0v) is 26.0. The topological polar surface area (TPSA) is 3.24 Å². The molecule has 1 nitrogen and oxygen atoms in total. The van der Waals surface area contributed by atoms with Crippen molar-refractivity contribution >= 4 is 49.4 Å². The molecule has 0 atom stereocenters. The molecule has 218 valence electrons. The van der Waals surface area contributed by atoms with E-state index in [4.69, 9.17) is 0 Å². The number of anilines is 3. The number of hydrogen-bond acceptors (Lipinski definition) is 1. The standard InChI is InChI=1S/C45H33N/c1-45(2)43-15-9-8-14-40(43)41-27-24-36(29-44(41)45)46(34-11-4-3-5-12-34)35-22-18-30(19-23-35)33-17-16-32-21-25-38-37-13-7-6-10-31(37)20-26-39(38)42(32)28-33/h3-29H,1-2H3. The van der Waals surface area contributed by atoms with Crippen LogP contribution in [0.3, 0.4) is 0 Å². The van der Waals surface area contributed by atoms with E-state index in [1.54, 1.807) is 0 Å². The minimum Gasteiger partial charge on any atom is -0.310 e. The Bertz CT molecular complexity index is 2430. The average molecular weight is 588 g/mol. The van der Waals surface area contributed by atoms with Gasteiger partial charge in [0.15, 0.2) is 0 Å². The first-order valence-corrected chi connectivity index (χ1v) is 16.1. The zero-order chi connectivity index (χ0) is 30.8. The highest BCUT2D eigenvalue weighted by Gasteiger charge is 2.35. The first-order chi connectivity index (χ1) is 22.6. The molecule has 8 aromatic rings. The fraction of sp³-hybridized carbons (Fsp3) is 0.0667. The van der Waals surface area contributed by atoms with Crippen molar-refractivity contribution in [2.45, 2.75) is 19.3 Å². The third kappa shape index (κ3) is 4.09. The van der Waals surface area contributed by atoms with Crippen molar-refractivity contribution in [1.82, 2.24) is 0 Å². The molecule has 1 aliphatic carbocycles. The van der Waals surface area contributed by atoms with E-state index in [0.717, 1.165) is 11.4 Å². The van der Waals surface area contributed by atoms with Crippen molar-refractivity contribution in [2.24, 2.45) is 0 Å². The number of hydrogen-bond donors (Lipinski definition) is 0. The molecule has 8 aromatic carbocycles. The summed E-state index contributed by atoms with van der Waals surface area (Å²) >= 11 is 0. The van der Waals surface area contributed by atoms with E-state index in [1.807, 2.05) is 0 Å². The second-order valence-electron chi connectivity index (χ2n) is 13.0. The van der Waals surface area contributed by atoms with Crippen LogP contribution in [0.2, 0.25) is 0 Å². The Balaban J connectivity index is 1.13. The van der Waals surface area contributed by atoms with E-state index in [9.17, 15) is 0 Å². The Hall–Kier alpha value is -5.66. The van der Waals surface area contributed by atoms with E-state index in [2.05, 4.69) is 183 Å². The van der Waals surface area contributed by atoms with Crippen molar-refractivity contribution in [2.75, 3.05) is 4.90 Å². The van der Waals surface area contributed by atoms with Crippen molar-refractivity contribution in [3.8, 4) is 22.3 Å². The van der Waals surface area contributed by atoms with Crippen LogP contribution in [-0.4, -0.2) is 0 Å². The highest BCUT2D eigenvalue weighted by molar-refractivity contribution is 6.17. The van der Waals surface area contributed by atoms with Gasteiger partial charge in [-0.3, -0.25) is 0 Å². The van der Waals surface area contributed by atoms with Crippen LogP contribution in [-0.2, 0) is 5.41 Å². The molecule has 1 heteroatoms. The lowest BCUT2D eigenvalue weighted by molar-refractivity contribution is 0.660. The first-order valence-electron chi connectivity index (χ1n) is 16.1. The van der Waals surface area contributed by atoms with Crippen LogP contribution in [0.1, 0.15) is 25.0 Å². The van der Waals surface area contributed by atoms with Gasteiger partial charge in [-0.05, 0) is 108 Å². The Morgan fingerprint density at radius 2 is 0.957 bits per heavy atom. The second kappa shape index (κ2) is 10.2. The molecule has 0 spiro atoms. The van der Waals surface area contributed by atoms with Gasteiger partial charge in [-0.15, -0.1) is 0 Å². The van der Waals surface area contributed by atoms with Gasteiger partial charge in [0.2, 0.25) is 0 Å². The summed E-state index contributed by atoms with van der Waals surface area (Å²) < 4.78 is 0. The summed E-state index contributed by atoms with van der Waals surface area (Å²) in [6.45, 7) is 4.69. The van der Waals surface area contributed by atoms with Gasteiger partial charge in [0, 0.05) is 22.5 Å². The van der Waals surface area contributed by atoms with E-state index in [0.29, 0.717) is 0 Å². The summed E-state index contributed by atoms with van der Waals surface area (Å²) in [7, 11) is 0. The molecule has 46 heavy (non-hydrogen) atoms. The van der Waals surface area contributed by atoms with Gasteiger partial charge in [-0.25, -0.2) is 0 Å². The molecule has 0 aliphatic heterocycles. The van der Waals surface area contributed by atoms with Crippen LogP contribution < -0.4 is 4.90 Å². The predicted molar refractivity (Wildman–Crippen MR) is 197 cm³/mol. The van der Waals surface area contributed by atoms with E-state index in [-0.39, 0.29) is 5.41 Å². The molecule has 0 unspecified atom stereocenters. The van der Waals surface area contributed by atoms with E-state index < -0.39 is 0 Å². The Morgan fingerprint density at radius 1 is 0.370 bits per heavy atom. The molecule has 9 rings (SSSR count). The quantitative estimate of drug-likeness (QED) is 0.185. The maximum Gasteiger partial charge on any atom is 0.0465 e. The van der Waals surface area contributed by atoms with Crippen LogP contribution >= 0.6 is 0 Å². The lowest BCUT2D eigenvalue weighted by atomic mass is 9.82. The fourth-order valence-electron chi connectivity index (χ4n) is 7.66. The van der Waals surface area contributed by atoms with Gasteiger partial charge in [0.25, 0.3) is 0 Å². The normalized spacial score (nSPS) is 13.2. The minimum atomic E-state index is -0.0549. The summed E-state index contributed by atoms with van der Waals surface area (Å²) in [6, 6.07) is 60.2. The number of fused-ring (bicyclic) bond motifs is 8. The number of para-hydroxylation sites is 1.